The Morgan fingerprint density at radius 1 is 1.35 bits per heavy atom. The molecule has 1 aliphatic rings. The fraction of sp³-hybridized carbons (Fsp3) is 0.857. The Labute approximate surface area is 121 Å². The Morgan fingerprint density at radius 2 is 2.10 bits per heavy atom. The van der Waals surface area contributed by atoms with E-state index >= 15 is 0 Å². The van der Waals surface area contributed by atoms with Gasteiger partial charge in [0.2, 0.25) is 0 Å². The summed E-state index contributed by atoms with van der Waals surface area (Å²) < 4.78 is 5.03. The van der Waals surface area contributed by atoms with Crippen LogP contribution in [0.1, 0.15) is 26.7 Å². The maximum Gasteiger partial charge on any atom is 0.312 e. The molecule has 116 valence electrons. The quantitative estimate of drug-likeness (QED) is 0.727. The summed E-state index contributed by atoms with van der Waals surface area (Å²) in [6.45, 7) is 7.78. The van der Waals surface area contributed by atoms with Crippen LogP contribution in [0.4, 0.5) is 0 Å². The lowest BCUT2D eigenvalue weighted by molar-refractivity contribution is -0.153. The molecule has 1 rings (SSSR count). The van der Waals surface area contributed by atoms with Crippen molar-refractivity contribution in [1.82, 2.24) is 15.1 Å². The molecule has 1 aliphatic heterocycles. The van der Waals surface area contributed by atoms with E-state index in [0.29, 0.717) is 26.2 Å². The first-order chi connectivity index (χ1) is 9.61. The fourth-order valence-corrected chi connectivity index (χ4v) is 2.24. The molecule has 6 nitrogen and oxygen atoms in total. The van der Waals surface area contributed by atoms with Crippen LogP contribution in [0.25, 0.3) is 0 Å². The number of nitrogens with one attached hydrogen (secondary N) is 1. The van der Waals surface area contributed by atoms with Crippen LogP contribution in [0.5, 0.6) is 0 Å². The van der Waals surface area contributed by atoms with E-state index in [-0.39, 0.29) is 11.9 Å². The Hall–Kier alpha value is -1.14. The molecule has 1 atom stereocenters. The van der Waals surface area contributed by atoms with E-state index in [1.54, 1.807) is 16.9 Å². The largest absolute Gasteiger partial charge is 0.383 e. The number of amides is 2. The van der Waals surface area contributed by atoms with Crippen molar-refractivity contribution in [2.45, 2.75) is 32.7 Å². The number of carbonyl (C=O) groups excluding carboxylic acids is 2. The maximum absolute atomic E-state index is 12.4. The molecule has 0 saturated carbocycles. The van der Waals surface area contributed by atoms with E-state index in [2.05, 4.69) is 5.32 Å². The Morgan fingerprint density at radius 3 is 2.75 bits per heavy atom. The molecule has 1 saturated heterocycles. The van der Waals surface area contributed by atoms with Gasteiger partial charge in [-0.25, -0.2) is 0 Å². The second kappa shape index (κ2) is 8.92. The lowest BCUT2D eigenvalue weighted by Crippen LogP contribution is -2.50. The van der Waals surface area contributed by atoms with E-state index in [4.69, 9.17) is 4.74 Å². The molecule has 1 fully saturated rings. The molecule has 1 N–H and O–H groups in total. The first kappa shape index (κ1) is 16.9. The third-order valence-electron chi connectivity index (χ3n) is 3.73. The predicted molar refractivity (Wildman–Crippen MR) is 77.4 cm³/mol. The van der Waals surface area contributed by atoms with E-state index in [0.717, 1.165) is 25.9 Å². The highest BCUT2D eigenvalue weighted by atomic mass is 16.5. The van der Waals surface area contributed by atoms with Gasteiger partial charge in [0.05, 0.1) is 6.61 Å². The highest BCUT2D eigenvalue weighted by Gasteiger charge is 2.29. The van der Waals surface area contributed by atoms with Crippen LogP contribution in [0, 0.1) is 0 Å². The molecule has 0 aromatic heterocycles. The van der Waals surface area contributed by atoms with Crippen molar-refractivity contribution in [2.75, 3.05) is 46.4 Å². The smallest absolute Gasteiger partial charge is 0.312 e. The Balaban J connectivity index is 2.68. The van der Waals surface area contributed by atoms with Crippen LogP contribution >= 0.6 is 0 Å². The van der Waals surface area contributed by atoms with Crippen molar-refractivity contribution in [3.63, 3.8) is 0 Å². The van der Waals surface area contributed by atoms with Crippen LogP contribution in [0.3, 0.4) is 0 Å². The van der Waals surface area contributed by atoms with Crippen molar-refractivity contribution < 1.29 is 14.3 Å². The van der Waals surface area contributed by atoms with Crippen molar-refractivity contribution in [3.05, 3.63) is 0 Å². The summed E-state index contributed by atoms with van der Waals surface area (Å²) in [4.78, 5) is 28.0. The van der Waals surface area contributed by atoms with Gasteiger partial charge in [0, 0.05) is 39.3 Å². The predicted octanol–water partition coefficient (Wildman–Crippen LogP) is 0.0818. The number of carbonyl (C=O) groups is 2. The number of nitrogens with zero attached hydrogens (tertiary/aromatic N) is 2. The second-order valence-electron chi connectivity index (χ2n) is 5.14. The first-order valence-corrected chi connectivity index (χ1v) is 7.41. The molecule has 6 heteroatoms. The first-order valence-electron chi connectivity index (χ1n) is 7.41. The van der Waals surface area contributed by atoms with Crippen LogP contribution in [-0.2, 0) is 14.3 Å². The van der Waals surface area contributed by atoms with Gasteiger partial charge in [-0.05, 0) is 26.3 Å². The number of rotatable bonds is 5. The minimum Gasteiger partial charge on any atom is -0.383 e. The van der Waals surface area contributed by atoms with E-state index in [9.17, 15) is 9.59 Å². The van der Waals surface area contributed by atoms with Gasteiger partial charge in [-0.1, -0.05) is 6.92 Å². The standard InChI is InChI=1S/C14H27N3O3/c1-4-12(2)17(10-11-20-3)14(19)13(18)16-8-5-6-15-7-9-16/h12,15H,4-11H2,1-3H3. The second-order valence-corrected chi connectivity index (χ2v) is 5.14. The highest BCUT2D eigenvalue weighted by Crippen LogP contribution is 2.07. The normalized spacial score (nSPS) is 17.4. The van der Waals surface area contributed by atoms with E-state index in [1.165, 1.54) is 0 Å². The van der Waals surface area contributed by atoms with Crippen molar-refractivity contribution in [2.24, 2.45) is 0 Å². The third kappa shape index (κ3) is 4.76. The molecule has 1 heterocycles. The van der Waals surface area contributed by atoms with Gasteiger partial charge in [0.15, 0.2) is 0 Å². The summed E-state index contributed by atoms with van der Waals surface area (Å²) >= 11 is 0. The molecule has 0 radical (unpaired) electrons. The molecule has 0 aliphatic carbocycles. The lowest BCUT2D eigenvalue weighted by atomic mass is 10.2. The molecule has 1 unspecified atom stereocenters. The highest BCUT2D eigenvalue weighted by molar-refractivity contribution is 6.35. The number of ether oxygens (including phenoxy) is 1. The summed E-state index contributed by atoms with van der Waals surface area (Å²) in [7, 11) is 1.60. The zero-order valence-electron chi connectivity index (χ0n) is 12.9. The Kier molecular flexibility index (Phi) is 7.54. The van der Waals surface area contributed by atoms with Crippen LogP contribution in [0.2, 0.25) is 0 Å². The minimum atomic E-state index is -0.404. The number of methoxy groups -OCH3 is 1. The van der Waals surface area contributed by atoms with E-state index < -0.39 is 5.91 Å². The average Bonchev–Trinajstić information content (AvgIpc) is 2.75. The van der Waals surface area contributed by atoms with Gasteiger partial charge in [-0.3, -0.25) is 9.59 Å². The molecule has 20 heavy (non-hydrogen) atoms. The molecule has 0 spiro atoms. The maximum atomic E-state index is 12.4. The summed E-state index contributed by atoms with van der Waals surface area (Å²) in [5.41, 5.74) is 0. The average molecular weight is 285 g/mol. The van der Waals surface area contributed by atoms with E-state index in [1.807, 2.05) is 13.8 Å². The molecular formula is C14H27N3O3. The lowest BCUT2D eigenvalue weighted by Gasteiger charge is -2.30. The van der Waals surface area contributed by atoms with Gasteiger partial charge in [0.25, 0.3) is 0 Å². The van der Waals surface area contributed by atoms with Crippen molar-refractivity contribution in [1.29, 1.82) is 0 Å². The molecular weight excluding hydrogens is 258 g/mol. The summed E-state index contributed by atoms with van der Waals surface area (Å²) in [5, 5.41) is 3.23. The fourth-order valence-electron chi connectivity index (χ4n) is 2.24. The van der Waals surface area contributed by atoms with Gasteiger partial charge in [-0.15, -0.1) is 0 Å². The molecule has 0 bridgehead atoms. The minimum absolute atomic E-state index is 0.0479. The summed E-state index contributed by atoms with van der Waals surface area (Å²) in [6.07, 6.45) is 1.71. The van der Waals surface area contributed by atoms with Gasteiger partial charge in [0.1, 0.15) is 0 Å². The Bertz CT molecular complexity index is 315. The zero-order chi connectivity index (χ0) is 15.0. The van der Waals surface area contributed by atoms with Crippen molar-refractivity contribution in [3.8, 4) is 0 Å². The van der Waals surface area contributed by atoms with Gasteiger partial charge in [-0.2, -0.15) is 0 Å². The molecule has 2 amide bonds. The number of hydrogen-bond donors (Lipinski definition) is 1. The number of hydrogen-bond acceptors (Lipinski definition) is 4. The van der Waals surface area contributed by atoms with Gasteiger partial charge < -0.3 is 19.9 Å². The monoisotopic (exact) mass is 285 g/mol. The van der Waals surface area contributed by atoms with Gasteiger partial charge >= 0.3 is 11.8 Å². The summed E-state index contributed by atoms with van der Waals surface area (Å²) in [5.74, 6) is -0.789. The SMILES string of the molecule is CCC(C)N(CCOC)C(=O)C(=O)N1CCCNCC1. The summed E-state index contributed by atoms with van der Waals surface area (Å²) in [6, 6.07) is 0.0479. The van der Waals surface area contributed by atoms with Crippen LogP contribution in [-0.4, -0.2) is 74.1 Å². The third-order valence-corrected chi connectivity index (χ3v) is 3.73. The molecule has 0 aromatic carbocycles. The zero-order valence-corrected chi connectivity index (χ0v) is 12.9. The van der Waals surface area contributed by atoms with Crippen LogP contribution in [0.15, 0.2) is 0 Å². The molecule has 0 aromatic rings. The van der Waals surface area contributed by atoms with Crippen molar-refractivity contribution >= 4 is 11.8 Å². The topological polar surface area (TPSA) is 61.9 Å². The van der Waals surface area contributed by atoms with Crippen LogP contribution < -0.4 is 5.32 Å².